The van der Waals surface area contributed by atoms with Crippen LogP contribution in [0.3, 0.4) is 0 Å². The van der Waals surface area contributed by atoms with E-state index in [1.165, 1.54) is 0 Å². The van der Waals surface area contributed by atoms with Crippen molar-refractivity contribution in [2.45, 2.75) is 0 Å². The maximum absolute atomic E-state index is 13.7. The molecule has 2 aromatic carbocycles. The van der Waals surface area contributed by atoms with Crippen molar-refractivity contribution in [3.8, 4) is 0 Å². The molecule has 0 spiro atoms. The van der Waals surface area contributed by atoms with E-state index in [1.807, 2.05) is 0 Å². The molecule has 0 saturated carbocycles. The monoisotopic (exact) mass is 332 g/mol. The Morgan fingerprint density at radius 3 is 2.26 bits per heavy atom. The fourth-order valence-corrected chi connectivity index (χ4v) is 1.87. The van der Waals surface area contributed by atoms with Gasteiger partial charge in [-0.3, -0.25) is 4.79 Å². The summed E-state index contributed by atoms with van der Waals surface area (Å²) in [6, 6.07) is 4.11. The second-order valence-corrected chi connectivity index (χ2v) is 4.53. The number of carbonyl (C=O) groups is 1. The second-order valence-electron chi connectivity index (χ2n) is 3.67. The second kappa shape index (κ2) is 5.13. The van der Waals surface area contributed by atoms with Gasteiger partial charge in [0, 0.05) is 6.07 Å². The summed E-state index contributed by atoms with van der Waals surface area (Å²) in [5.41, 5.74) is -1.49. The molecule has 0 aromatic heterocycles. The zero-order chi connectivity index (χ0) is 14.2. The van der Waals surface area contributed by atoms with Crippen LogP contribution in [-0.2, 0) is 0 Å². The summed E-state index contributed by atoms with van der Waals surface area (Å²) in [6.07, 6.45) is 0. The molecule has 0 amide bonds. The molecule has 0 aliphatic carbocycles. The third-order valence-electron chi connectivity index (χ3n) is 2.45. The molecule has 6 heteroatoms. The topological polar surface area (TPSA) is 17.1 Å². The summed E-state index contributed by atoms with van der Waals surface area (Å²) in [5.74, 6) is -5.50. The minimum atomic E-state index is -1.19. The van der Waals surface area contributed by atoms with Crippen molar-refractivity contribution < 1.29 is 22.4 Å². The van der Waals surface area contributed by atoms with Crippen LogP contribution in [0.2, 0.25) is 0 Å². The first kappa shape index (κ1) is 13.7. The normalized spacial score (nSPS) is 10.6. The first-order chi connectivity index (χ1) is 8.91. The summed E-state index contributed by atoms with van der Waals surface area (Å²) < 4.78 is 53.2. The molecule has 0 saturated heterocycles. The Morgan fingerprint density at radius 2 is 1.63 bits per heavy atom. The molecule has 2 aromatic rings. The van der Waals surface area contributed by atoms with Crippen LogP contribution in [0.15, 0.2) is 34.8 Å². The third kappa shape index (κ3) is 2.53. The third-order valence-corrected chi connectivity index (χ3v) is 3.06. The Morgan fingerprint density at radius 1 is 0.947 bits per heavy atom. The van der Waals surface area contributed by atoms with E-state index in [1.54, 1.807) is 0 Å². The molecule has 98 valence electrons. The Balaban J connectivity index is 2.59. The van der Waals surface area contributed by atoms with Crippen molar-refractivity contribution in [2.75, 3.05) is 0 Å². The van der Waals surface area contributed by atoms with Crippen LogP contribution in [0.25, 0.3) is 0 Å². The van der Waals surface area contributed by atoms with E-state index in [-0.39, 0.29) is 4.47 Å². The number of ketones is 1. The number of benzene rings is 2. The van der Waals surface area contributed by atoms with Crippen molar-refractivity contribution >= 4 is 21.7 Å². The number of hydrogen-bond donors (Lipinski definition) is 0. The highest BCUT2D eigenvalue weighted by atomic mass is 79.9. The van der Waals surface area contributed by atoms with Gasteiger partial charge in [0.05, 0.1) is 15.6 Å². The molecule has 0 unspecified atom stereocenters. The highest BCUT2D eigenvalue weighted by Gasteiger charge is 2.23. The largest absolute Gasteiger partial charge is 0.288 e. The van der Waals surface area contributed by atoms with Gasteiger partial charge in [-0.25, -0.2) is 17.6 Å². The van der Waals surface area contributed by atoms with Gasteiger partial charge < -0.3 is 0 Å². The Hall–Kier alpha value is -1.69. The van der Waals surface area contributed by atoms with E-state index in [9.17, 15) is 22.4 Å². The SMILES string of the molecule is O=C(c1ccc(F)cc1F)c1c(F)ccc(Br)c1F. The van der Waals surface area contributed by atoms with Gasteiger partial charge in [0.15, 0.2) is 5.82 Å². The Kier molecular flexibility index (Phi) is 3.71. The molecular formula is C13H5BrF4O. The zero-order valence-corrected chi connectivity index (χ0v) is 10.8. The fraction of sp³-hybridized carbons (Fsp3) is 0. The van der Waals surface area contributed by atoms with Crippen molar-refractivity contribution in [2.24, 2.45) is 0 Å². The summed E-state index contributed by atoms with van der Waals surface area (Å²) >= 11 is 2.80. The molecule has 2 rings (SSSR count). The molecule has 0 N–H and O–H groups in total. The highest BCUT2D eigenvalue weighted by molar-refractivity contribution is 9.10. The predicted octanol–water partition coefficient (Wildman–Crippen LogP) is 4.24. The van der Waals surface area contributed by atoms with Gasteiger partial charge in [-0.1, -0.05) is 0 Å². The van der Waals surface area contributed by atoms with E-state index in [0.717, 1.165) is 24.3 Å². The lowest BCUT2D eigenvalue weighted by molar-refractivity contribution is 0.102. The van der Waals surface area contributed by atoms with Crippen LogP contribution in [0.5, 0.6) is 0 Å². The van der Waals surface area contributed by atoms with E-state index in [2.05, 4.69) is 15.9 Å². The Bertz CT molecular complexity index is 670. The van der Waals surface area contributed by atoms with Crippen molar-refractivity contribution in [1.29, 1.82) is 0 Å². The van der Waals surface area contributed by atoms with Gasteiger partial charge in [0.1, 0.15) is 17.5 Å². The molecule has 0 bridgehead atoms. The van der Waals surface area contributed by atoms with Crippen molar-refractivity contribution in [1.82, 2.24) is 0 Å². The lowest BCUT2D eigenvalue weighted by Gasteiger charge is -2.06. The summed E-state index contributed by atoms with van der Waals surface area (Å²) in [5, 5.41) is 0. The number of carbonyl (C=O) groups excluding carboxylic acids is 1. The molecule has 0 atom stereocenters. The minimum absolute atomic E-state index is 0.125. The summed E-state index contributed by atoms with van der Waals surface area (Å²) in [6.45, 7) is 0. The molecule has 19 heavy (non-hydrogen) atoms. The van der Waals surface area contributed by atoms with Crippen LogP contribution >= 0.6 is 15.9 Å². The maximum Gasteiger partial charge on any atom is 0.201 e. The van der Waals surface area contributed by atoms with Crippen molar-refractivity contribution in [3.05, 3.63) is 69.2 Å². The van der Waals surface area contributed by atoms with Crippen LogP contribution in [0.4, 0.5) is 17.6 Å². The van der Waals surface area contributed by atoms with E-state index in [0.29, 0.717) is 6.07 Å². The molecule has 0 radical (unpaired) electrons. The van der Waals surface area contributed by atoms with Crippen LogP contribution < -0.4 is 0 Å². The molecule has 1 nitrogen and oxygen atoms in total. The van der Waals surface area contributed by atoms with Gasteiger partial charge in [-0.2, -0.15) is 0 Å². The van der Waals surface area contributed by atoms with Gasteiger partial charge in [-0.05, 0) is 40.2 Å². The quantitative estimate of drug-likeness (QED) is 0.457. The van der Waals surface area contributed by atoms with Gasteiger partial charge >= 0.3 is 0 Å². The lowest BCUT2D eigenvalue weighted by atomic mass is 10.0. The summed E-state index contributed by atoms with van der Waals surface area (Å²) in [4.78, 5) is 11.9. The van der Waals surface area contributed by atoms with Gasteiger partial charge in [0.2, 0.25) is 5.78 Å². The predicted molar refractivity (Wildman–Crippen MR) is 63.8 cm³/mol. The number of halogens is 5. The van der Waals surface area contributed by atoms with Crippen LogP contribution in [-0.4, -0.2) is 5.78 Å². The maximum atomic E-state index is 13.7. The Labute approximate surface area is 114 Å². The van der Waals surface area contributed by atoms with Gasteiger partial charge in [0.25, 0.3) is 0 Å². The molecule has 0 fully saturated rings. The standard InChI is InChI=1S/C13H5BrF4O/c14-8-3-4-9(16)11(12(8)18)13(19)7-2-1-6(15)5-10(7)17/h1-5H. The molecular weight excluding hydrogens is 328 g/mol. The first-order valence-electron chi connectivity index (χ1n) is 5.05. The van der Waals surface area contributed by atoms with Crippen molar-refractivity contribution in [3.63, 3.8) is 0 Å². The average molecular weight is 333 g/mol. The van der Waals surface area contributed by atoms with Crippen LogP contribution in [0.1, 0.15) is 15.9 Å². The van der Waals surface area contributed by atoms with Crippen LogP contribution in [0, 0.1) is 23.3 Å². The number of hydrogen-bond acceptors (Lipinski definition) is 1. The zero-order valence-electron chi connectivity index (χ0n) is 9.18. The first-order valence-corrected chi connectivity index (χ1v) is 5.84. The smallest absolute Gasteiger partial charge is 0.201 e. The summed E-state index contributed by atoms with van der Waals surface area (Å²) in [7, 11) is 0. The molecule has 0 aliphatic heterocycles. The van der Waals surface area contributed by atoms with Gasteiger partial charge in [-0.15, -0.1) is 0 Å². The number of rotatable bonds is 2. The highest BCUT2D eigenvalue weighted by Crippen LogP contribution is 2.25. The van der Waals surface area contributed by atoms with E-state index < -0.39 is 40.2 Å². The lowest BCUT2D eigenvalue weighted by Crippen LogP contribution is -2.10. The minimum Gasteiger partial charge on any atom is -0.288 e. The fourth-order valence-electron chi connectivity index (χ4n) is 1.54. The molecule has 0 aliphatic rings. The van der Waals surface area contributed by atoms with E-state index in [4.69, 9.17) is 0 Å². The average Bonchev–Trinajstić information content (AvgIpc) is 2.34. The molecule has 0 heterocycles. The van der Waals surface area contributed by atoms with E-state index >= 15 is 0 Å².